The molecule has 0 amide bonds. The molecule has 0 bridgehead atoms. The van der Waals surface area contributed by atoms with E-state index in [1.807, 2.05) is 12.1 Å². The molecular weight excluding hydrogens is 295 g/mol. The number of hydrogen-bond donors (Lipinski definition) is 0. The van der Waals surface area contributed by atoms with Crippen LogP contribution in [0.2, 0.25) is 5.02 Å². The third-order valence-corrected chi connectivity index (χ3v) is 3.04. The number of hydrogen-bond acceptors (Lipinski definition) is 4. The lowest BCUT2D eigenvalue weighted by Gasteiger charge is -2.04. The molecule has 0 saturated heterocycles. The van der Waals surface area contributed by atoms with Crippen LogP contribution >= 0.6 is 11.6 Å². The van der Waals surface area contributed by atoms with Gasteiger partial charge in [0, 0.05) is 5.56 Å². The Morgan fingerprint density at radius 3 is 2.76 bits per heavy atom. The zero-order valence-electron chi connectivity index (χ0n) is 10.8. The highest BCUT2D eigenvalue weighted by atomic mass is 35.5. The molecule has 0 radical (unpaired) electrons. The lowest BCUT2D eigenvalue weighted by atomic mass is 10.2. The lowest BCUT2D eigenvalue weighted by molar-refractivity contribution is 0.264. The summed E-state index contributed by atoms with van der Waals surface area (Å²) in [5, 5.41) is 8.23. The molecule has 0 saturated carbocycles. The summed E-state index contributed by atoms with van der Waals surface area (Å²) in [6.07, 6.45) is 0. The molecule has 106 valence electrons. The van der Waals surface area contributed by atoms with Gasteiger partial charge >= 0.3 is 0 Å². The van der Waals surface area contributed by atoms with E-state index in [-0.39, 0.29) is 24.2 Å². The Labute approximate surface area is 125 Å². The second-order valence-electron chi connectivity index (χ2n) is 4.23. The Bertz CT molecular complexity index is 761. The minimum atomic E-state index is -0.362. The summed E-state index contributed by atoms with van der Waals surface area (Å²) < 4.78 is 24.1. The molecule has 0 aliphatic carbocycles. The van der Waals surface area contributed by atoms with Crippen molar-refractivity contribution in [2.24, 2.45) is 0 Å². The van der Waals surface area contributed by atoms with Crippen molar-refractivity contribution in [1.29, 1.82) is 0 Å². The molecule has 1 heterocycles. The van der Waals surface area contributed by atoms with E-state index < -0.39 is 0 Å². The molecule has 3 rings (SSSR count). The predicted molar refractivity (Wildman–Crippen MR) is 75.5 cm³/mol. The molecule has 0 unspecified atom stereocenters. The first kappa shape index (κ1) is 13.6. The number of para-hydroxylation sites is 1. The summed E-state index contributed by atoms with van der Waals surface area (Å²) in [7, 11) is 0. The summed E-state index contributed by atoms with van der Waals surface area (Å²) in [6.45, 7) is 0.0893. The van der Waals surface area contributed by atoms with Crippen LogP contribution in [0.25, 0.3) is 11.5 Å². The first-order chi connectivity index (χ1) is 10.2. The van der Waals surface area contributed by atoms with Crippen molar-refractivity contribution in [3.8, 4) is 17.2 Å². The molecule has 3 aromatic rings. The van der Waals surface area contributed by atoms with Crippen LogP contribution in [0.3, 0.4) is 0 Å². The Morgan fingerprint density at radius 1 is 1.10 bits per heavy atom. The van der Waals surface area contributed by atoms with Gasteiger partial charge in [0.2, 0.25) is 5.89 Å². The van der Waals surface area contributed by atoms with E-state index in [4.69, 9.17) is 20.8 Å². The summed E-state index contributed by atoms with van der Waals surface area (Å²) in [5.74, 6) is 0.700. The fourth-order valence-corrected chi connectivity index (χ4v) is 1.94. The third-order valence-electron chi connectivity index (χ3n) is 2.73. The van der Waals surface area contributed by atoms with Crippen LogP contribution in [0.15, 0.2) is 52.9 Å². The molecule has 0 aliphatic heterocycles. The van der Waals surface area contributed by atoms with Gasteiger partial charge in [-0.05, 0) is 30.3 Å². The van der Waals surface area contributed by atoms with Crippen LogP contribution in [0.5, 0.6) is 5.75 Å². The number of ether oxygens (including phenoxy) is 1. The zero-order valence-corrected chi connectivity index (χ0v) is 11.5. The Kier molecular flexibility index (Phi) is 3.83. The number of aromatic nitrogens is 2. The fraction of sp³-hybridized carbons (Fsp3) is 0.0667. The second-order valence-corrected chi connectivity index (χ2v) is 4.64. The molecule has 4 nitrogen and oxygen atoms in total. The number of rotatable bonds is 4. The summed E-state index contributed by atoms with van der Waals surface area (Å²) in [4.78, 5) is 0. The smallest absolute Gasteiger partial charge is 0.254 e. The van der Waals surface area contributed by atoms with Gasteiger partial charge in [0.15, 0.2) is 6.61 Å². The average Bonchev–Trinajstić information content (AvgIpc) is 2.95. The van der Waals surface area contributed by atoms with E-state index in [9.17, 15) is 4.39 Å². The van der Waals surface area contributed by atoms with Crippen LogP contribution in [0.1, 0.15) is 5.89 Å². The van der Waals surface area contributed by atoms with E-state index >= 15 is 0 Å². The highest BCUT2D eigenvalue weighted by Crippen LogP contribution is 2.24. The molecule has 0 fully saturated rings. The maximum atomic E-state index is 13.1. The second kappa shape index (κ2) is 5.93. The Morgan fingerprint density at radius 2 is 1.95 bits per heavy atom. The van der Waals surface area contributed by atoms with Crippen LogP contribution in [0.4, 0.5) is 4.39 Å². The van der Waals surface area contributed by atoms with Crippen LogP contribution in [-0.2, 0) is 6.61 Å². The SMILES string of the molecule is Fc1cccc(-c2nnc(COc3ccccc3Cl)o2)c1. The van der Waals surface area contributed by atoms with E-state index in [0.717, 1.165) is 0 Å². The maximum absolute atomic E-state index is 13.1. The standard InChI is InChI=1S/C15H10ClFN2O2/c16-12-6-1-2-7-13(12)20-9-14-18-19-15(21-14)10-4-3-5-11(17)8-10/h1-8H,9H2. The van der Waals surface area contributed by atoms with Crippen molar-refractivity contribution in [3.05, 3.63) is 65.3 Å². The van der Waals surface area contributed by atoms with Crippen molar-refractivity contribution < 1.29 is 13.5 Å². The normalized spacial score (nSPS) is 10.6. The van der Waals surface area contributed by atoms with E-state index in [0.29, 0.717) is 16.3 Å². The first-order valence-corrected chi connectivity index (χ1v) is 6.56. The van der Waals surface area contributed by atoms with Gasteiger partial charge in [0.05, 0.1) is 5.02 Å². The minimum Gasteiger partial charge on any atom is -0.482 e. The van der Waals surface area contributed by atoms with Crippen LogP contribution in [-0.4, -0.2) is 10.2 Å². The summed E-state index contributed by atoms with van der Waals surface area (Å²) in [6, 6.07) is 13.0. The van der Waals surface area contributed by atoms with Gasteiger partial charge in [0.25, 0.3) is 5.89 Å². The summed E-state index contributed by atoms with van der Waals surface area (Å²) in [5.41, 5.74) is 0.520. The van der Waals surface area contributed by atoms with E-state index in [2.05, 4.69) is 10.2 Å². The number of nitrogens with zero attached hydrogens (tertiary/aromatic N) is 2. The largest absolute Gasteiger partial charge is 0.482 e. The molecule has 0 atom stereocenters. The van der Waals surface area contributed by atoms with Crippen molar-refractivity contribution >= 4 is 11.6 Å². The van der Waals surface area contributed by atoms with Crippen molar-refractivity contribution in [2.45, 2.75) is 6.61 Å². The quantitative estimate of drug-likeness (QED) is 0.728. The van der Waals surface area contributed by atoms with Gasteiger partial charge in [-0.3, -0.25) is 0 Å². The fourth-order valence-electron chi connectivity index (χ4n) is 1.75. The topological polar surface area (TPSA) is 48.2 Å². The number of halogens is 2. The van der Waals surface area contributed by atoms with Crippen LogP contribution < -0.4 is 4.74 Å². The maximum Gasteiger partial charge on any atom is 0.254 e. The Hall–Kier alpha value is -2.40. The van der Waals surface area contributed by atoms with Gasteiger partial charge < -0.3 is 9.15 Å². The summed E-state index contributed by atoms with van der Waals surface area (Å²) >= 11 is 5.98. The van der Waals surface area contributed by atoms with Crippen molar-refractivity contribution in [2.75, 3.05) is 0 Å². The lowest BCUT2D eigenvalue weighted by Crippen LogP contribution is -1.95. The molecule has 0 spiro atoms. The molecule has 21 heavy (non-hydrogen) atoms. The van der Waals surface area contributed by atoms with Gasteiger partial charge in [-0.15, -0.1) is 10.2 Å². The van der Waals surface area contributed by atoms with Crippen molar-refractivity contribution in [1.82, 2.24) is 10.2 Å². The van der Waals surface area contributed by atoms with Crippen LogP contribution in [0, 0.1) is 5.82 Å². The first-order valence-electron chi connectivity index (χ1n) is 6.18. The van der Waals surface area contributed by atoms with Gasteiger partial charge in [-0.25, -0.2) is 4.39 Å². The number of benzene rings is 2. The molecule has 0 N–H and O–H groups in total. The Balaban J connectivity index is 1.72. The van der Waals surface area contributed by atoms with Gasteiger partial charge in [-0.1, -0.05) is 29.8 Å². The minimum absolute atomic E-state index is 0.0893. The molecule has 1 aromatic heterocycles. The van der Waals surface area contributed by atoms with Gasteiger partial charge in [0.1, 0.15) is 11.6 Å². The van der Waals surface area contributed by atoms with Crippen molar-refractivity contribution in [3.63, 3.8) is 0 Å². The monoisotopic (exact) mass is 304 g/mol. The predicted octanol–water partition coefficient (Wildman–Crippen LogP) is 4.11. The highest BCUT2D eigenvalue weighted by molar-refractivity contribution is 6.32. The molecule has 0 aliphatic rings. The molecular formula is C15H10ClFN2O2. The zero-order chi connectivity index (χ0) is 14.7. The van der Waals surface area contributed by atoms with E-state index in [1.165, 1.54) is 12.1 Å². The van der Waals surface area contributed by atoms with Gasteiger partial charge in [-0.2, -0.15) is 0 Å². The average molecular weight is 305 g/mol. The molecule has 6 heteroatoms. The van der Waals surface area contributed by atoms with E-state index in [1.54, 1.807) is 24.3 Å². The molecule has 2 aromatic carbocycles. The highest BCUT2D eigenvalue weighted by Gasteiger charge is 2.10. The third kappa shape index (κ3) is 3.20.